The number of aromatic nitrogens is 1. The van der Waals surface area contributed by atoms with Crippen molar-refractivity contribution in [3.63, 3.8) is 0 Å². The third-order valence-electron chi connectivity index (χ3n) is 5.73. The van der Waals surface area contributed by atoms with Crippen LogP contribution in [0.3, 0.4) is 0 Å². The van der Waals surface area contributed by atoms with Crippen molar-refractivity contribution in [3.8, 4) is 0 Å². The molecule has 1 heteroatoms. The number of hydrogen-bond donors (Lipinski definition) is 0. The third-order valence-corrected chi connectivity index (χ3v) is 5.73. The van der Waals surface area contributed by atoms with Gasteiger partial charge >= 0.3 is 0 Å². The summed E-state index contributed by atoms with van der Waals surface area (Å²) < 4.78 is 0. The Morgan fingerprint density at radius 2 is 1.87 bits per heavy atom. The van der Waals surface area contributed by atoms with Crippen LogP contribution in [0, 0.1) is 11.8 Å². The molecular formula is C30H35N. The average Bonchev–Trinajstić information content (AvgIpc) is 2.75. The van der Waals surface area contributed by atoms with Gasteiger partial charge in [-0.1, -0.05) is 106 Å². The van der Waals surface area contributed by atoms with Crippen LogP contribution in [0.1, 0.15) is 39.2 Å². The molecule has 1 aromatic heterocycles. The summed E-state index contributed by atoms with van der Waals surface area (Å²) in [5, 5.41) is 1.84. The molecule has 0 N–H and O–H groups in total. The largest absolute Gasteiger partial charge is 0.264 e. The van der Waals surface area contributed by atoms with Gasteiger partial charge in [0.2, 0.25) is 0 Å². The van der Waals surface area contributed by atoms with E-state index in [0.29, 0.717) is 5.92 Å². The number of allylic oxidation sites excluding steroid dienone is 11. The molecule has 1 aliphatic rings. The Kier molecular flexibility index (Phi) is 9.21. The van der Waals surface area contributed by atoms with Crippen LogP contribution in [0.5, 0.6) is 0 Å². The molecule has 0 aliphatic heterocycles. The fraction of sp³-hybridized carbons (Fsp3) is 0.233. The van der Waals surface area contributed by atoms with Crippen molar-refractivity contribution in [1.29, 1.82) is 0 Å². The number of nitrogens with zero attached hydrogens (tertiary/aromatic N) is 1. The van der Waals surface area contributed by atoms with Crippen LogP contribution < -0.4 is 10.4 Å². The normalized spacial score (nSPS) is 25.4. The average molecular weight is 410 g/mol. The van der Waals surface area contributed by atoms with Crippen molar-refractivity contribution in [3.05, 3.63) is 125 Å². The molecule has 0 bridgehead atoms. The first-order valence-electron chi connectivity index (χ1n) is 10.9. The van der Waals surface area contributed by atoms with E-state index in [1.54, 1.807) is 6.20 Å². The fourth-order valence-electron chi connectivity index (χ4n) is 3.75. The summed E-state index contributed by atoms with van der Waals surface area (Å²) in [4.78, 5) is 4.40. The maximum Gasteiger partial charge on any atom is 0.0337 e. The summed E-state index contributed by atoms with van der Waals surface area (Å²) in [5.74, 6) is 0.674. The van der Waals surface area contributed by atoms with Gasteiger partial charge in [-0.3, -0.25) is 4.98 Å². The molecule has 1 aromatic rings. The zero-order valence-electron chi connectivity index (χ0n) is 19.4. The molecule has 1 aliphatic carbocycles. The highest BCUT2D eigenvalue weighted by molar-refractivity contribution is 5.42. The Morgan fingerprint density at radius 3 is 2.61 bits per heavy atom. The summed E-state index contributed by atoms with van der Waals surface area (Å²) in [7, 11) is 0. The van der Waals surface area contributed by atoms with Gasteiger partial charge in [0.1, 0.15) is 0 Å². The van der Waals surface area contributed by atoms with Gasteiger partial charge in [0.25, 0.3) is 0 Å². The minimum absolute atomic E-state index is 0.186. The zero-order valence-corrected chi connectivity index (χ0v) is 19.4. The van der Waals surface area contributed by atoms with E-state index in [2.05, 4.69) is 113 Å². The highest BCUT2D eigenvalue weighted by atomic mass is 14.6. The second-order valence-corrected chi connectivity index (χ2v) is 8.09. The van der Waals surface area contributed by atoms with E-state index in [-0.39, 0.29) is 11.8 Å². The topological polar surface area (TPSA) is 12.9 Å². The molecule has 0 radical (unpaired) electrons. The first-order chi connectivity index (χ1) is 14.8. The van der Waals surface area contributed by atoms with E-state index in [4.69, 9.17) is 0 Å². The predicted molar refractivity (Wildman–Crippen MR) is 137 cm³/mol. The lowest BCUT2D eigenvalue weighted by Gasteiger charge is -2.28. The van der Waals surface area contributed by atoms with Gasteiger partial charge in [-0.25, -0.2) is 0 Å². The van der Waals surface area contributed by atoms with Crippen LogP contribution >= 0.6 is 0 Å². The monoisotopic (exact) mass is 409 g/mol. The molecule has 2 rings (SSSR count). The molecule has 1 nitrogen and oxygen atoms in total. The lowest BCUT2D eigenvalue weighted by molar-refractivity contribution is 0.565. The van der Waals surface area contributed by atoms with Crippen LogP contribution in [-0.4, -0.2) is 4.98 Å². The molecule has 0 aromatic carbocycles. The molecule has 0 fully saturated rings. The zero-order chi connectivity index (χ0) is 22.8. The molecule has 3 unspecified atom stereocenters. The van der Waals surface area contributed by atoms with Gasteiger partial charge in [0.05, 0.1) is 0 Å². The number of rotatable bonds is 3. The van der Waals surface area contributed by atoms with Gasteiger partial charge in [0.15, 0.2) is 0 Å². The van der Waals surface area contributed by atoms with E-state index in [0.717, 1.165) is 21.6 Å². The van der Waals surface area contributed by atoms with Gasteiger partial charge in [0, 0.05) is 18.3 Å². The van der Waals surface area contributed by atoms with Gasteiger partial charge in [-0.05, 0) is 58.9 Å². The molecule has 0 saturated heterocycles. The molecule has 0 spiro atoms. The molecule has 160 valence electrons. The van der Waals surface area contributed by atoms with Crippen LogP contribution in [0.2, 0.25) is 0 Å². The molecule has 1 heterocycles. The van der Waals surface area contributed by atoms with E-state index >= 15 is 0 Å². The summed E-state index contributed by atoms with van der Waals surface area (Å²) in [6, 6.07) is 8.09. The summed E-state index contributed by atoms with van der Waals surface area (Å²) in [6.45, 7) is 21.3. The molecule has 0 amide bonds. The van der Waals surface area contributed by atoms with E-state index in [9.17, 15) is 0 Å². The van der Waals surface area contributed by atoms with Gasteiger partial charge < -0.3 is 0 Å². The first kappa shape index (κ1) is 24.1. The Balaban J connectivity index is 2.76. The Hall–Kier alpha value is -3.19. The maximum atomic E-state index is 4.40. The molecule has 0 saturated carbocycles. The second kappa shape index (κ2) is 11.9. The lowest BCUT2D eigenvalue weighted by atomic mass is 9.76. The molecule has 31 heavy (non-hydrogen) atoms. The second-order valence-electron chi connectivity index (χ2n) is 8.09. The maximum absolute atomic E-state index is 4.40. The van der Waals surface area contributed by atoms with Crippen LogP contribution in [-0.2, 0) is 0 Å². The fourth-order valence-corrected chi connectivity index (χ4v) is 3.75. The first-order valence-corrected chi connectivity index (χ1v) is 10.9. The minimum atomic E-state index is 0.186. The van der Waals surface area contributed by atoms with Crippen LogP contribution in [0.15, 0.2) is 109 Å². The Morgan fingerprint density at radius 1 is 1.10 bits per heavy atom. The molecule has 3 atom stereocenters. The smallest absolute Gasteiger partial charge is 0.0337 e. The minimum Gasteiger partial charge on any atom is -0.264 e. The molecular weight excluding hydrogens is 374 g/mol. The summed E-state index contributed by atoms with van der Waals surface area (Å²) >= 11 is 0. The quantitative estimate of drug-likeness (QED) is 0.554. The highest BCUT2D eigenvalue weighted by Crippen LogP contribution is 2.36. The van der Waals surface area contributed by atoms with Crippen molar-refractivity contribution in [1.82, 2.24) is 4.98 Å². The van der Waals surface area contributed by atoms with Crippen molar-refractivity contribution < 1.29 is 0 Å². The van der Waals surface area contributed by atoms with Crippen LogP contribution in [0.25, 0.3) is 13.2 Å². The standard InChI is InChI=1S/C30H35N/c1-8-9-16-29-24(4)15-11-10-14-23(3)25(5)20-30(29)27(7)28-17-12-13-22(2)18-19-31-21-26(28)6/h8-21,24,27,30H,2-3,6H2,1,4-5,7H3/b9-8-,13-12?,14-10-,15-11-,19-18?,25-20-,28-17?,29-16-,31-21?. The highest BCUT2D eigenvalue weighted by Gasteiger charge is 2.24. The lowest BCUT2D eigenvalue weighted by Crippen LogP contribution is -2.20. The van der Waals surface area contributed by atoms with Crippen molar-refractivity contribution in [2.75, 3.05) is 0 Å². The van der Waals surface area contributed by atoms with Gasteiger partial charge in [-0.15, -0.1) is 0 Å². The SMILES string of the molecule is C=C1/C=C\C=C/C(C)/C(=C/C=C\C)C(C(C)c2cccc(=C)ccncc2=C)/C=C\1C. The summed E-state index contributed by atoms with van der Waals surface area (Å²) in [6.07, 6.45) is 20.9. The van der Waals surface area contributed by atoms with E-state index in [1.165, 1.54) is 11.1 Å². The van der Waals surface area contributed by atoms with E-state index < -0.39 is 0 Å². The van der Waals surface area contributed by atoms with Crippen molar-refractivity contribution in [2.24, 2.45) is 11.8 Å². The van der Waals surface area contributed by atoms with Gasteiger partial charge in [-0.2, -0.15) is 0 Å². The van der Waals surface area contributed by atoms with E-state index in [1.807, 2.05) is 18.3 Å². The van der Waals surface area contributed by atoms with Crippen molar-refractivity contribution in [2.45, 2.75) is 33.6 Å². The summed E-state index contributed by atoms with van der Waals surface area (Å²) in [5.41, 5.74) is 4.75. The predicted octanol–water partition coefficient (Wildman–Crippen LogP) is 6.51. The Labute approximate surface area is 188 Å². The number of hydrogen-bond acceptors (Lipinski definition) is 1. The Bertz CT molecular complexity index is 1090. The van der Waals surface area contributed by atoms with Crippen molar-refractivity contribution >= 4 is 13.2 Å². The third kappa shape index (κ3) is 6.93. The van der Waals surface area contributed by atoms with Crippen LogP contribution in [0.4, 0.5) is 0 Å².